The molecule has 2 aromatic carbocycles. The largest absolute Gasteiger partial charge is 0.508 e. The molecule has 0 saturated heterocycles. The average Bonchev–Trinajstić information content (AvgIpc) is 2.85. The summed E-state index contributed by atoms with van der Waals surface area (Å²) in [5.41, 5.74) is 1.90. The number of sulfonamides is 1. The Morgan fingerprint density at radius 3 is 1.78 bits per heavy atom. The molecule has 2 aromatic rings. The van der Waals surface area contributed by atoms with E-state index in [-0.39, 0.29) is 17.3 Å². The predicted molar refractivity (Wildman–Crippen MR) is 153 cm³/mol. The quantitative estimate of drug-likeness (QED) is 0.0994. The average molecular weight is 516 g/mol. The Morgan fingerprint density at radius 1 is 0.694 bits per heavy atom. The number of unbranched alkanes of at least 4 members (excludes halogenated alkanes) is 13. The highest BCUT2D eigenvalue weighted by Crippen LogP contribution is 2.24. The van der Waals surface area contributed by atoms with Crippen molar-refractivity contribution in [3.63, 3.8) is 0 Å². The van der Waals surface area contributed by atoms with Gasteiger partial charge in [-0.2, -0.15) is 0 Å². The highest BCUT2D eigenvalue weighted by atomic mass is 32.2. The van der Waals surface area contributed by atoms with Crippen LogP contribution in [0.15, 0.2) is 42.5 Å². The van der Waals surface area contributed by atoms with Crippen molar-refractivity contribution < 1.29 is 18.6 Å². The molecule has 0 aliphatic rings. The lowest BCUT2D eigenvalue weighted by atomic mass is 10.0. The molecule has 36 heavy (non-hydrogen) atoms. The van der Waals surface area contributed by atoms with Crippen LogP contribution < -0.4 is 4.72 Å². The van der Waals surface area contributed by atoms with Crippen molar-refractivity contribution in [3.05, 3.63) is 53.6 Å². The third kappa shape index (κ3) is 13.0. The molecule has 6 heteroatoms. The number of rotatable bonds is 19. The molecule has 0 atom stereocenters. The second-order valence-electron chi connectivity index (χ2n) is 9.72. The van der Waals surface area contributed by atoms with Crippen molar-refractivity contribution in [1.82, 2.24) is 0 Å². The molecule has 0 aliphatic carbocycles. The molecule has 0 unspecified atom stereocenters. The van der Waals surface area contributed by atoms with Crippen LogP contribution in [-0.4, -0.2) is 24.4 Å². The van der Waals surface area contributed by atoms with Crippen LogP contribution in [0.2, 0.25) is 0 Å². The van der Waals surface area contributed by atoms with E-state index in [1.165, 1.54) is 88.8 Å². The van der Waals surface area contributed by atoms with Crippen molar-refractivity contribution in [2.75, 3.05) is 10.5 Å². The predicted octanol–water partition coefficient (Wildman–Crippen LogP) is 8.49. The van der Waals surface area contributed by atoms with Gasteiger partial charge in [0.1, 0.15) is 11.5 Å². The van der Waals surface area contributed by atoms with E-state index in [0.717, 1.165) is 18.4 Å². The van der Waals surface area contributed by atoms with E-state index in [0.29, 0.717) is 17.7 Å². The van der Waals surface area contributed by atoms with E-state index in [9.17, 15) is 18.6 Å². The topological polar surface area (TPSA) is 86.6 Å². The van der Waals surface area contributed by atoms with Gasteiger partial charge in [-0.05, 0) is 42.3 Å². The summed E-state index contributed by atoms with van der Waals surface area (Å²) < 4.78 is 27.5. The fraction of sp³-hybridized carbons (Fsp3) is 0.533. The van der Waals surface area contributed by atoms with Crippen LogP contribution in [0.4, 0.5) is 5.69 Å². The summed E-state index contributed by atoms with van der Waals surface area (Å²) in [5.74, 6) is 0.302. The molecule has 0 saturated carbocycles. The van der Waals surface area contributed by atoms with Crippen LogP contribution in [0.3, 0.4) is 0 Å². The zero-order valence-electron chi connectivity index (χ0n) is 21.9. The third-order valence-corrected chi connectivity index (χ3v) is 7.79. The third-order valence-electron chi connectivity index (χ3n) is 6.42. The molecular formula is C30H45NO4S. The zero-order chi connectivity index (χ0) is 26.1. The second kappa shape index (κ2) is 17.1. The SMILES string of the molecule is CCCCCCCCCCCCCCCCS(=O)(=O)Nc1ccc(C=Cc2cc(O)ccc2O)cc1. The van der Waals surface area contributed by atoms with Gasteiger partial charge < -0.3 is 10.2 Å². The Morgan fingerprint density at radius 2 is 1.22 bits per heavy atom. The Labute approximate surface area is 218 Å². The van der Waals surface area contributed by atoms with Crippen LogP contribution in [-0.2, 0) is 10.0 Å². The van der Waals surface area contributed by atoms with Gasteiger partial charge in [0.25, 0.3) is 0 Å². The van der Waals surface area contributed by atoms with Gasteiger partial charge in [-0.25, -0.2) is 8.42 Å². The summed E-state index contributed by atoms with van der Waals surface area (Å²) in [6, 6.07) is 11.4. The number of phenolic OH excluding ortho intramolecular Hbond substituents is 2. The standard InChI is InChI=1S/C30H45NO4S/c1-2-3-4-5-6-7-8-9-10-11-12-13-14-15-24-36(34,35)31-28-20-17-26(18-21-28)16-19-27-25-29(32)22-23-30(27)33/h16-23,25,31-33H,2-15,24H2,1H3. The highest BCUT2D eigenvalue weighted by Gasteiger charge is 2.10. The number of phenols is 2. The molecule has 0 heterocycles. The lowest BCUT2D eigenvalue weighted by Crippen LogP contribution is -2.16. The maximum atomic E-state index is 12.4. The van der Waals surface area contributed by atoms with Gasteiger partial charge in [-0.3, -0.25) is 4.72 Å². The summed E-state index contributed by atoms with van der Waals surface area (Å²) in [7, 11) is -3.36. The lowest BCUT2D eigenvalue weighted by molar-refractivity contribution is 0.459. The van der Waals surface area contributed by atoms with E-state index in [2.05, 4.69) is 11.6 Å². The zero-order valence-corrected chi connectivity index (χ0v) is 22.7. The number of hydrogen-bond acceptors (Lipinski definition) is 4. The van der Waals surface area contributed by atoms with Gasteiger partial charge >= 0.3 is 0 Å². The first-order valence-electron chi connectivity index (χ1n) is 13.7. The molecule has 0 radical (unpaired) electrons. The first-order chi connectivity index (χ1) is 17.4. The van der Waals surface area contributed by atoms with Gasteiger partial charge in [0, 0.05) is 11.3 Å². The smallest absolute Gasteiger partial charge is 0.232 e. The van der Waals surface area contributed by atoms with Crippen LogP contribution in [0.25, 0.3) is 12.2 Å². The van der Waals surface area contributed by atoms with Crippen LogP contribution in [0, 0.1) is 0 Å². The minimum atomic E-state index is -3.36. The van der Waals surface area contributed by atoms with Gasteiger partial charge in [-0.15, -0.1) is 0 Å². The van der Waals surface area contributed by atoms with Crippen molar-refractivity contribution >= 4 is 27.9 Å². The van der Waals surface area contributed by atoms with Crippen LogP contribution >= 0.6 is 0 Å². The maximum absolute atomic E-state index is 12.4. The monoisotopic (exact) mass is 515 g/mol. The second-order valence-corrected chi connectivity index (χ2v) is 11.6. The van der Waals surface area contributed by atoms with Gasteiger partial charge in [0.2, 0.25) is 10.0 Å². The lowest BCUT2D eigenvalue weighted by Gasteiger charge is -2.08. The van der Waals surface area contributed by atoms with Gasteiger partial charge in [-0.1, -0.05) is 115 Å². The molecule has 2 rings (SSSR count). The first-order valence-corrected chi connectivity index (χ1v) is 15.4. The number of benzene rings is 2. The Kier molecular flexibility index (Phi) is 14.1. The van der Waals surface area contributed by atoms with E-state index in [4.69, 9.17) is 0 Å². The molecule has 5 nitrogen and oxygen atoms in total. The fourth-order valence-corrected chi connectivity index (χ4v) is 5.42. The van der Waals surface area contributed by atoms with E-state index >= 15 is 0 Å². The first kappa shape index (κ1) is 29.8. The summed E-state index contributed by atoms with van der Waals surface area (Å²) in [6.45, 7) is 2.26. The molecule has 0 aliphatic heterocycles. The van der Waals surface area contributed by atoms with Crippen molar-refractivity contribution in [1.29, 1.82) is 0 Å². The van der Waals surface area contributed by atoms with Crippen molar-refractivity contribution in [2.24, 2.45) is 0 Å². The van der Waals surface area contributed by atoms with Gasteiger partial charge in [0.05, 0.1) is 5.75 Å². The molecule has 0 amide bonds. The normalized spacial score (nSPS) is 11.8. The maximum Gasteiger partial charge on any atom is 0.232 e. The minimum Gasteiger partial charge on any atom is -0.508 e. The summed E-state index contributed by atoms with van der Waals surface area (Å²) in [6.07, 6.45) is 20.9. The van der Waals surface area contributed by atoms with Crippen molar-refractivity contribution in [3.8, 4) is 11.5 Å². The number of nitrogens with one attached hydrogen (secondary N) is 1. The molecule has 0 aromatic heterocycles. The number of hydrogen-bond donors (Lipinski definition) is 3. The molecule has 3 N–H and O–H groups in total. The molecule has 0 spiro atoms. The molecule has 0 fully saturated rings. The van der Waals surface area contributed by atoms with Crippen LogP contribution in [0.5, 0.6) is 11.5 Å². The van der Waals surface area contributed by atoms with Gasteiger partial charge in [0.15, 0.2) is 0 Å². The van der Waals surface area contributed by atoms with E-state index in [1.807, 2.05) is 0 Å². The Balaban J connectivity index is 1.57. The molecular weight excluding hydrogens is 470 g/mol. The Hall–Kier alpha value is -2.47. The Bertz CT molecular complexity index is 1000. The fourth-order valence-electron chi connectivity index (χ4n) is 4.24. The molecule has 200 valence electrons. The highest BCUT2D eigenvalue weighted by molar-refractivity contribution is 7.92. The molecule has 0 bridgehead atoms. The number of aromatic hydroxyl groups is 2. The van der Waals surface area contributed by atoms with Crippen LogP contribution in [0.1, 0.15) is 108 Å². The summed E-state index contributed by atoms with van der Waals surface area (Å²) in [4.78, 5) is 0. The number of anilines is 1. The minimum absolute atomic E-state index is 0.0796. The summed E-state index contributed by atoms with van der Waals surface area (Å²) in [5, 5.41) is 19.4. The van der Waals surface area contributed by atoms with E-state index < -0.39 is 10.0 Å². The summed E-state index contributed by atoms with van der Waals surface area (Å²) >= 11 is 0. The van der Waals surface area contributed by atoms with Crippen molar-refractivity contribution in [2.45, 2.75) is 96.8 Å². The van der Waals surface area contributed by atoms with E-state index in [1.54, 1.807) is 36.4 Å².